The molecule has 0 spiro atoms. The highest BCUT2D eigenvalue weighted by Crippen LogP contribution is 2.32. The number of carbonyl (C=O) groups excluding carboxylic acids is 1. The van der Waals surface area contributed by atoms with Gasteiger partial charge in [0.1, 0.15) is 4.88 Å². The molecule has 0 saturated heterocycles. The first-order valence-electron chi connectivity index (χ1n) is 8.02. The summed E-state index contributed by atoms with van der Waals surface area (Å²) in [5, 5.41) is 14.5. The topological polar surface area (TPSA) is 67.8 Å². The highest BCUT2D eigenvalue weighted by molar-refractivity contribution is 8.00. The van der Waals surface area contributed by atoms with Crippen LogP contribution in [0, 0.1) is 6.92 Å². The van der Waals surface area contributed by atoms with Gasteiger partial charge in [0.2, 0.25) is 5.13 Å². The van der Waals surface area contributed by atoms with Crippen LogP contribution in [0.5, 0.6) is 0 Å². The number of thioether (sulfide) groups is 1. The van der Waals surface area contributed by atoms with Crippen molar-refractivity contribution in [3.8, 4) is 11.3 Å². The van der Waals surface area contributed by atoms with E-state index in [1.807, 2.05) is 43.3 Å². The molecule has 0 aliphatic rings. The summed E-state index contributed by atoms with van der Waals surface area (Å²) in [6, 6.07) is 13.9. The van der Waals surface area contributed by atoms with Crippen LogP contribution in [0.1, 0.15) is 19.6 Å². The van der Waals surface area contributed by atoms with E-state index in [1.54, 1.807) is 23.1 Å². The van der Waals surface area contributed by atoms with Gasteiger partial charge in [-0.15, -0.1) is 32.9 Å². The van der Waals surface area contributed by atoms with Crippen molar-refractivity contribution in [3.63, 3.8) is 0 Å². The number of aromatic nitrogens is 3. The summed E-state index contributed by atoms with van der Waals surface area (Å²) < 4.78 is 0.836. The highest BCUT2D eigenvalue weighted by Gasteiger charge is 2.19. The normalized spacial score (nSPS) is 10.9. The fraction of sp³-hybridized carbons (Fsp3) is 0.111. The molecule has 1 aromatic carbocycles. The van der Waals surface area contributed by atoms with Crippen LogP contribution in [-0.2, 0) is 5.75 Å². The van der Waals surface area contributed by atoms with Crippen LogP contribution in [-0.4, -0.2) is 21.1 Å². The molecule has 0 aliphatic carbocycles. The minimum Gasteiger partial charge on any atom is -0.296 e. The van der Waals surface area contributed by atoms with Crippen LogP contribution >= 0.6 is 45.8 Å². The lowest BCUT2D eigenvalue weighted by Gasteiger charge is -2.02. The summed E-state index contributed by atoms with van der Waals surface area (Å²) in [6.07, 6.45) is 0. The largest absolute Gasteiger partial charge is 0.296 e. The summed E-state index contributed by atoms with van der Waals surface area (Å²) in [5.41, 5.74) is 1.63. The smallest absolute Gasteiger partial charge is 0.269 e. The van der Waals surface area contributed by atoms with Crippen LogP contribution in [0.2, 0.25) is 0 Å². The van der Waals surface area contributed by atoms with Crippen molar-refractivity contribution in [1.29, 1.82) is 0 Å². The van der Waals surface area contributed by atoms with Crippen LogP contribution in [0.4, 0.5) is 5.13 Å². The molecule has 0 aliphatic heterocycles. The Morgan fingerprint density at radius 1 is 1.11 bits per heavy atom. The fourth-order valence-corrected chi connectivity index (χ4v) is 5.73. The van der Waals surface area contributed by atoms with Gasteiger partial charge in [-0.2, -0.15) is 0 Å². The maximum Gasteiger partial charge on any atom is 0.269 e. The molecule has 136 valence electrons. The van der Waals surface area contributed by atoms with E-state index in [9.17, 15) is 4.79 Å². The number of hydrogen-bond acceptors (Lipinski definition) is 8. The van der Waals surface area contributed by atoms with E-state index in [-0.39, 0.29) is 5.91 Å². The number of amides is 1. The molecule has 4 aromatic rings. The lowest BCUT2D eigenvalue weighted by Crippen LogP contribution is -2.11. The van der Waals surface area contributed by atoms with Crippen molar-refractivity contribution in [3.05, 3.63) is 62.6 Å². The molecule has 3 aromatic heterocycles. The van der Waals surface area contributed by atoms with Gasteiger partial charge < -0.3 is 0 Å². The molecule has 1 N–H and O–H groups in total. The third-order valence-electron chi connectivity index (χ3n) is 3.53. The summed E-state index contributed by atoms with van der Waals surface area (Å²) in [6.45, 7) is 1.90. The number of hydrogen-bond donors (Lipinski definition) is 1. The first kappa shape index (κ1) is 18.3. The Hall–Kier alpha value is -2.07. The second-order valence-electron chi connectivity index (χ2n) is 5.47. The SMILES string of the molecule is Cc1nc(-c2ccccc2)c(C(=O)Nc2nnc(SCc3cccs3)s2)s1. The lowest BCUT2D eigenvalue weighted by molar-refractivity contribution is 0.103. The molecule has 3 heterocycles. The third-order valence-corrected chi connectivity index (χ3v) is 7.58. The zero-order valence-corrected chi connectivity index (χ0v) is 17.5. The number of aryl methyl sites for hydroxylation is 1. The second-order valence-corrected chi connectivity index (χ2v) is 9.91. The summed E-state index contributed by atoms with van der Waals surface area (Å²) in [7, 11) is 0. The molecular weight excluding hydrogens is 416 g/mol. The zero-order chi connectivity index (χ0) is 18.6. The molecule has 5 nitrogen and oxygen atoms in total. The number of nitrogens with zero attached hydrogens (tertiary/aromatic N) is 3. The number of anilines is 1. The summed E-state index contributed by atoms with van der Waals surface area (Å²) in [5.74, 6) is 0.650. The standard InChI is InChI=1S/C18H14N4OS4/c1-11-19-14(12-6-3-2-4-7-12)15(26-11)16(23)20-17-21-22-18(27-17)25-10-13-8-5-9-24-13/h2-9H,10H2,1H3,(H,20,21,23). The molecule has 0 radical (unpaired) electrons. The van der Waals surface area contributed by atoms with Crippen molar-refractivity contribution in [1.82, 2.24) is 15.2 Å². The van der Waals surface area contributed by atoms with E-state index in [2.05, 4.69) is 31.9 Å². The first-order valence-corrected chi connectivity index (χ1v) is 11.5. The summed E-state index contributed by atoms with van der Waals surface area (Å²) in [4.78, 5) is 19.2. The Morgan fingerprint density at radius 2 is 1.96 bits per heavy atom. The molecule has 0 atom stereocenters. The zero-order valence-electron chi connectivity index (χ0n) is 14.2. The summed E-state index contributed by atoms with van der Waals surface area (Å²) >= 11 is 6.10. The number of nitrogens with one attached hydrogen (secondary N) is 1. The van der Waals surface area contributed by atoms with Gasteiger partial charge in [-0.1, -0.05) is 59.5 Å². The quantitative estimate of drug-likeness (QED) is 0.320. The monoisotopic (exact) mass is 430 g/mol. The minimum atomic E-state index is -0.203. The number of carbonyl (C=O) groups is 1. The van der Waals surface area contributed by atoms with Crippen LogP contribution < -0.4 is 5.32 Å². The average Bonchev–Trinajstić information content (AvgIpc) is 3.41. The molecule has 27 heavy (non-hydrogen) atoms. The van der Waals surface area contributed by atoms with Crippen molar-refractivity contribution in [2.45, 2.75) is 17.0 Å². The highest BCUT2D eigenvalue weighted by atomic mass is 32.2. The molecule has 4 rings (SSSR count). The Bertz CT molecular complexity index is 1040. The molecular formula is C18H14N4OS4. The average molecular weight is 431 g/mol. The van der Waals surface area contributed by atoms with E-state index in [1.165, 1.54) is 27.6 Å². The van der Waals surface area contributed by atoms with E-state index in [4.69, 9.17) is 0 Å². The molecule has 0 bridgehead atoms. The van der Waals surface area contributed by atoms with Gasteiger partial charge in [-0.25, -0.2) is 4.98 Å². The van der Waals surface area contributed by atoms with Crippen LogP contribution in [0.15, 0.2) is 52.2 Å². The van der Waals surface area contributed by atoms with Crippen molar-refractivity contribution < 1.29 is 4.79 Å². The van der Waals surface area contributed by atoms with Crippen molar-refractivity contribution in [2.24, 2.45) is 0 Å². The van der Waals surface area contributed by atoms with Crippen LogP contribution in [0.25, 0.3) is 11.3 Å². The lowest BCUT2D eigenvalue weighted by atomic mass is 10.1. The molecule has 1 amide bonds. The van der Waals surface area contributed by atoms with Gasteiger partial charge in [0.15, 0.2) is 4.34 Å². The van der Waals surface area contributed by atoms with Gasteiger partial charge in [0, 0.05) is 16.2 Å². The molecule has 0 unspecified atom stereocenters. The fourth-order valence-electron chi connectivity index (χ4n) is 2.37. The van der Waals surface area contributed by atoms with E-state index in [0.29, 0.717) is 15.7 Å². The Balaban J connectivity index is 1.47. The Labute approximate surface area is 172 Å². The van der Waals surface area contributed by atoms with Gasteiger partial charge in [0.25, 0.3) is 5.91 Å². The molecule has 0 fully saturated rings. The first-order chi connectivity index (χ1) is 13.2. The number of benzene rings is 1. The Morgan fingerprint density at radius 3 is 2.74 bits per heavy atom. The number of rotatable bonds is 6. The van der Waals surface area contributed by atoms with Gasteiger partial charge in [-0.3, -0.25) is 10.1 Å². The predicted octanol–water partition coefficient (Wildman–Crippen LogP) is 5.58. The van der Waals surface area contributed by atoms with Crippen LogP contribution in [0.3, 0.4) is 0 Å². The van der Waals surface area contributed by atoms with Crippen molar-refractivity contribution >= 4 is 56.8 Å². The van der Waals surface area contributed by atoms with Crippen molar-refractivity contribution in [2.75, 3.05) is 5.32 Å². The maximum absolute atomic E-state index is 12.8. The third kappa shape index (κ3) is 4.44. The van der Waals surface area contributed by atoms with E-state index >= 15 is 0 Å². The van der Waals surface area contributed by atoms with Gasteiger partial charge in [-0.05, 0) is 18.4 Å². The Kier molecular flexibility index (Phi) is 5.63. The number of thiophene rings is 1. The minimum absolute atomic E-state index is 0.203. The maximum atomic E-state index is 12.8. The van der Waals surface area contributed by atoms with Gasteiger partial charge >= 0.3 is 0 Å². The predicted molar refractivity (Wildman–Crippen MR) is 114 cm³/mol. The van der Waals surface area contributed by atoms with E-state index < -0.39 is 0 Å². The number of thiazole rings is 1. The second kappa shape index (κ2) is 8.30. The van der Waals surface area contributed by atoms with Gasteiger partial charge in [0.05, 0.1) is 10.7 Å². The molecule has 9 heteroatoms. The van der Waals surface area contributed by atoms with E-state index in [0.717, 1.165) is 20.7 Å². The molecule has 0 saturated carbocycles.